The zero-order valence-corrected chi connectivity index (χ0v) is 12.2. The van der Waals surface area contributed by atoms with Crippen LogP contribution in [0.5, 0.6) is 0 Å². The van der Waals surface area contributed by atoms with Gasteiger partial charge in [-0.1, -0.05) is 32.9 Å². The number of fused-ring (bicyclic) bond motifs is 1. The van der Waals surface area contributed by atoms with Crippen LogP contribution in [0.4, 0.5) is 5.69 Å². The van der Waals surface area contributed by atoms with Crippen LogP contribution in [0.3, 0.4) is 0 Å². The standard InChI is InChI=1S/C15H20ClNO/c1-9(2)10(3)15(16)11-5-6-13-12(7-11)8-14(18)17(13)4/h5-7,9-10,15H,8H2,1-4H3. The fraction of sp³-hybridized carbons (Fsp3) is 0.533. The van der Waals surface area contributed by atoms with E-state index < -0.39 is 0 Å². The van der Waals surface area contributed by atoms with Gasteiger partial charge in [-0.05, 0) is 29.0 Å². The number of carbonyl (C=O) groups excluding carboxylic acids is 1. The lowest BCUT2D eigenvalue weighted by Gasteiger charge is -2.22. The Kier molecular flexibility index (Phi) is 3.67. The maximum absolute atomic E-state index is 11.6. The maximum atomic E-state index is 11.6. The third kappa shape index (κ3) is 2.26. The number of benzene rings is 1. The van der Waals surface area contributed by atoms with Crippen molar-refractivity contribution in [1.29, 1.82) is 0 Å². The van der Waals surface area contributed by atoms with Crippen molar-refractivity contribution in [1.82, 2.24) is 0 Å². The normalized spacial score (nSPS) is 18.1. The molecule has 0 radical (unpaired) electrons. The minimum Gasteiger partial charge on any atom is -0.315 e. The van der Waals surface area contributed by atoms with Gasteiger partial charge in [-0.25, -0.2) is 0 Å². The summed E-state index contributed by atoms with van der Waals surface area (Å²) in [5.74, 6) is 1.12. The van der Waals surface area contributed by atoms with Gasteiger partial charge in [0.1, 0.15) is 0 Å². The Hall–Kier alpha value is -1.02. The Morgan fingerprint density at radius 3 is 2.56 bits per heavy atom. The molecule has 18 heavy (non-hydrogen) atoms. The first-order chi connectivity index (χ1) is 8.41. The minimum atomic E-state index is 0.0105. The first kappa shape index (κ1) is 13.4. The number of anilines is 1. The molecule has 0 bridgehead atoms. The quantitative estimate of drug-likeness (QED) is 0.762. The van der Waals surface area contributed by atoms with Crippen molar-refractivity contribution in [2.75, 3.05) is 11.9 Å². The van der Waals surface area contributed by atoms with Crippen LogP contribution in [0.15, 0.2) is 18.2 Å². The van der Waals surface area contributed by atoms with E-state index in [1.807, 2.05) is 19.2 Å². The molecule has 1 aliphatic heterocycles. The largest absolute Gasteiger partial charge is 0.315 e. The first-order valence-corrected chi connectivity index (χ1v) is 6.89. The van der Waals surface area contributed by atoms with E-state index in [-0.39, 0.29) is 11.3 Å². The van der Waals surface area contributed by atoms with Gasteiger partial charge < -0.3 is 4.90 Å². The molecule has 98 valence electrons. The maximum Gasteiger partial charge on any atom is 0.231 e. The molecular weight excluding hydrogens is 246 g/mol. The number of alkyl halides is 1. The Bertz CT molecular complexity index is 470. The highest BCUT2D eigenvalue weighted by Gasteiger charge is 2.26. The van der Waals surface area contributed by atoms with E-state index in [4.69, 9.17) is 11.6 Å². The number of amides is 1. The average Bonchev–Trinajstić information content (AvgIpc) is 2.62. The molecule has 0 fully saturated rings. The zero-order valence-electron chi connectivity index (χ0n) is 11.4. The number of halogens is 1. The van der Waals surface area contributed by atoms with E-state index in [1.54, 1.807) is 4.90 Å². The fourth-order valence-corrected chi connectivity index (χ4v) is 2.73. The predicted octanol–water partition coefficient (Wildman–Crippen LogP) is 3.78. The molecule has 2 unspecified atom stereocenters. The molecule has 1 heterocycles. The fourth-order valence-electron chi connectivity index (χ4n) is 2.30. The number of rotatable bonds is 3. The topological polar surface area (TPSA) is 20.3 Å². The van der Waals surface area contributed by atoms with Gasteiger partial charge in [-0.3, -0.25) is 4.79 Å². The molecule has 1 amide bonds. The van der Waals surface area contributed by atoms with Gasteiger partial charge in [0.05, 0.1) is 11.8 Å². The van der Waals surface area contributed by atoms with Crippen molar-refractivity contribution in [3.63, 3.8) is 0 Å². The summed E-state index contributed by atoms with van der Waals surface area (Å²) in [5.41, 5.74) is 3.24. The summed E-state index contributed by atoms with van der Waals surface area (Å²) in [7, 11) is 1.82. The Morgan fingerprint density at radius 1 is 1.28 bits per heavy atom. The highest BCUT2D eigenvalue weighted by atomic mass is 35.5. The van der Waals surface area contributed by atoms with Crippen molar-refractivity contribution < 1.29 is 4.79 Å². The second kappa shape index (κ2) is 4.93. The summed E-state index contributed by atoms with van der Waals surface area (Å²) in [5, 5.41) is 0.0105. The molecule has 0 aromatic heterocycles. The van der Waals surface area contributed by atoms with E-state index in [2.05, 4.69) is 26.8 Å². The van der Waals surface area contributed by atoms with Crippen molar-refractivity contribution >= 4 is 23.2 Å². The molecular formula is C15H20ClNO. The van der Waals surface area contributed by atoms with Crippen LogP contribution in [-0.2, 0) is 11.2 Å². The molecule has 1 aromatic carbocycles. The van der Waals surface area contributed by atoms with E-state index >= 15 is 0 Å². The zero-order chi connectivity index (χ0) is 13.4. The molecule has 0 aliphatic carbocycles. The molecule has 0 spiro atoms. The van der Waals surface area contributed by atoms with Gasteiger partial charge in [0.2, 0.25) is 5.91 Å². The third-order valence-corrected chi connectivity index (χ3v) is 4.66. The van der Waals surface area contributed by atoms with Crippen LogP contribution in [-0.4, -0.2) is 13.0 Å². The lowest BCUT2D eigenvalue weighted by atomic mass is 9.90. The smallest absolute Gasteiger partial charge is 0.231 e. The first-order valence-electron chi connectivity index (χ1n) is 6.45. The van der Waals surface area contributed by atoms with Gasteiger partial charge in [0, 0.05) is 12.7 Å². The van der Waals surface area contributed by atoms with Gasteiger partial charge in [-0.2, -0.15) is 0 Å². The van der Waals surface area contributed by atoms with Crippen LogP contribution in [0.2, 0.25) is 0 Å². The third-order valence-electron chi connectivity index (χ3n) is 4.01. The molecule has 0 saturated carbocycles. The van der Waals surface area contributed by atoms with Crippen molar-refractivity contribution in [2.45, 2.75) is 32.6 Å². The van der Waals surface area contributed by atoms with Crippen molar-refractivity contribution in [2.24, 2.45) is 11.8 Å². The predicted molar refractivity (Wildman–Crippen MR) is 76.2 cm³/mol. The summed E-state index contributed by atoms with van der Waals surface area (Å²) < 4.78 is 0. The second-order valence-electron chi connectivity index (χ2n) is 5.52. The number of carbonyl (C=O) groups is 1. The number of hydrogen-bond acceptors (Lipinski definition) is 1. The molecule has 0 saturated heterocycles. The highest BCUT2D eigenvalue weighted by molar-refractivity contribution is 6.21. The molecule has 2 atom stereocenters. The SMILES string of the molecule is CC(C)C(C)C(Cl)c1ccc2c(c1)CC(=O)N2C. The van der Waals surface area contributed by atoms with Crippen molar-refractivity contribution in [3.05, 3.63) is 29.3 Å². The summed E-state index contributed by atoms with van der Waals surface area (Å²) in [6, 6.07) is 6.15. The summed E-state index contributed by atoms with van der Waals surface area (Å²) in [6.07, 6.45) is 0.499. The summed E-state index contributed by atoms with van der Waals surface area (Å²) in [4.78, 5) is 13.4. The summed E-state index contributed by atoms with van der Waals surface area (Å²) in [6.45, 7) is 6.54. The van der Waals surface area contributed by atoms with Gasteiger partial charge >= 0.3 is 0 Å². The van der Waals surface area contributed by atoms with E-state index in [9.17, 15) is 4.79 Å². The molecule has 0 N–H and O–H groups in total. The Morgan fingerprint density at radius 2 is 1.94 bits per heavy atom. The second-order valence-corrected chi connectivity index (χ2v) is 5.99. The number of hydrogen-bond donors (Lipinski definition) is 0. The summed E-state index contributed by atoms with van der Waals surface area (Å²) >= 11 is 6.53. The van der Waals surface area contributed by atoms with E-state index in [0.717, 1.165) is 16.8 Å². The monoisotopic (exact) mass is 265 g/mol. The highest BCUT2D eigenvalue weighted by Crippen LogP contribution is 2.37. The molecule has 2 nitrogen and oxygen atoms in total. The molecule has 1 aliphatic rings. The van der Waals surface area contributed by atoms with Crippen molar-refractivity contribution in [3.8, 4) is 0 Å². The Balaban J connectivity index is 2.28. The lowest BCUT2D eigenvalue weighted by Crippen LogP contribution is -2.20. The van der Waals surface area contributed by atoms with E-state index in [0.29, 0.717) is 18.3 Å². The van der Waals surface area contributed by atoms with Crippen LogP contribution in [0.1, 0.15) is 37.3 Å². The molecule has 3 heteroatoms. The van der Waals surface area contributed by atoms with E-state index in [1.165, 1.54) is 0 Å². The van der Waals surface area contributed by atoms with Crippen LogP contribution < -0.4 is 4.90 Å². The molecule has 1 aromatic rings. The van der Waals surface area contributed by atoms with Crippen LogP contribution in [0.25, 0.3) is 0 Å². The number of nitrogens with zero attached hydrogens (tertiary/aromatic N) is 1. The van der Waals surface area contributed by atoms with Gasteiger partial charge in [-0.15, -0.1) is 11.6 Å². The van der Waals surface area contributed by atoms with Crippen LogP contribution in [0, 0.1) is 11.8 Å². The van der Waals surface area contributed by atoms with Gasteiger partial charge in [0.15, 0.2) is 0 Å². The minimum absolute atomic E-state index is 0.0105. The molecule has 2 rings (SSSR count). The lowest BCUT2D eigenvalue weighted by molar-refractivity contribution is -0.117. The number of likely N-dealkylation sites (N-methyl/N-ethyl adjacent to an activating group) is 1. The average molecular weight is 266 g/mol. The van der Waals surface area contributed by atoms with Gasteiger partial charge in [0.25, 0.3) is 0 Å². The Labute approximate surface area is 114 Å². The van der Waals surface area contributed by atoms with Crippen LogP contribution >= 0.6 is 11.6 Å².